The van der Waals surface area contributed by atoms with Gasteiger partial charge in [0.15, 0.2) is 11.7 Å². The average molecular weight is 375 g/mol. The molecule has 2 rings (SSSR count). The number of nitrogens with one attached hydrogen (secondary N) is 2. The van der Waals surface area contributed by atoms with E-state index < -0.39 is 0 Å². The van der Waals surface area contributed by atoms with Gasteiger partial charge in [0, 0.05) is 31.6 Å². The summed E-state index contributed by atoms with van der Waals surface area (Å²) in [5.41, 5.74) is 1.22. The molecule has 0 fully saturated rings. The molecular formula is C19H26N4O2S. The van der Waals surface area contributed by atoms with Gasteiger partial charge in [0.05, 0.1) is 12.8 Å². The van der Waals surface area contributed by atoms with E-state index in [4.69, 9.17) is 4.42 Å². The summed E-state index contributed by atoms with van der Waals surface area (Å²) in [5.74, 6) is 0.901. The minimum atomic E-state index is -0.225. The number of carbonyl (C=O) groups excluding carboxylic acids is 1. The van der Waals surface area contributed by atoms with E-state index >= 15 is 0 Å². The molecule has 0 spiro atoms. The highest BCUT2D eigenvalue weighted by Crippen LogP contribution is 2.15. The van der Waals surface area contributed by atoms with Crippen molar-refractivity contribution in [3.8, 4) is 0 Å². The van der Waals surface area contributed by atoms with Crippen LogP contribution in [0.5, 0.6) is 0 Å². The number of thioether (sulfide) groups is 1. The maximum atomic E-state index is 11.8. The summed E-state index contributed by atoms with van der Waals surface area (Å²) in [6, 6.07) is 11.9. The first-order chi connectivity index (χ1) is 12.6. The second-order valence-corrected chi connectivity index (χ2v) is 6.55. The first-order valence-electron chi connectivity index (χ1n) is 8.58. The lowest BCUT2D eigenvalue weighted by molar-refractivity contribution is 0.0927. The fourth-order valence-corrected chi connectivity index (χ4v) is 2.78. The molecule has 2 aromatic rings. The minimum Gasteiger partial charge on any atom is -0.459 e. The Hall–Kier alpha value is -2.41. The largest absolute Gasteiger partial charge is 0.459 e. The minimum absolute atomic E-state index is 0.225. The number of hydrogen-bond acceptors (Lipinski definition) is 4. The van der Waals surface area contributed by atoms with Crippen molar-refractivity contribution in [3.05, 3.63) is 54.0 Å². The highest BCUT2D eigenvalue weighted by Gasteiger charge is 2.08. The number of guanidine groups is 1. The molecule has 0 aliphatic heterocycles. The maximum absolute atomic E-state index is 11.8. The Labute approximate surface area is 159 Å². The zero-order valence-electron chi connectivity index (χ0n) is 15.5. The van der Waals surface area contributed by atoms with Crippen LogP contribution in [0.4, 0.5) is 0 Å². The summed E-state index contributed by atoms with van der Waals surface area (Å²) in [6.45, 7) is 4.52. The van der Waals surface area contributed by atoms with E-state index in [2.05, 4.69) is 51.0 Å². The lowest BCUT2D eigenvalue weighted by atomic mass is 10.2. The summed E-state index contributed by atoms with van der Waals surface area (Å²) in [4.78, 5) is 19.7. The number of hydrogen-bond donors (Lipinski definition) is 2. The van der Waals surface area contributed by atoms with Gasteiger partial charge in [0.25, 0.3) is 5.91 Å². The summed E-state index contributed by atoms with van der Waals surface area (Å²) < 4.78 is 5.06. The van der Waals surface area contributed by atoms with E-state index in [1.807, 2.05) is 14.0 Å². The quantitative estimate of drug-likeness (QED) is 0.322. The molecule has 0 saturated carbocycles. The molecule has 0 unspecified atom stereocenters. The van der Waals surface area contributed by atoms with Gasteiger partial charge in [-0.15, -0.1) is 11.8 Å². The standard InChI is InChI=1S/C19H26N4O2S/c1-4-20-19(22-12-11-21-18(24)17-6-5-13-25-17)23(2)14-15-7-9-16(26-3)10-8-15/h5-10,13H,4,11-12,14H2,1-3H3,(H,20,22)(H,21,24). The number of nitrogens with zero attached hydrogens (tertiary/aromatic N) is 2. The molecule has 1 aromatic heterocycles. The van der Waals surface area contributed by atoms with Crippen LogP contribution in [0.1, 0.15) is 23.0 Å². The third-order valence-corrected chi connectivity index (χ3v) is 4.42. The van der Waals surface area contributed by atoms with Gasteiger partial charge in [0.1, 0.15) is 0 Å². The smallest absolute Gasteiger partial charge is 0.287 e. The van der Waals surface area contributed by atoms with Gasteiger partial charge < -0.3 is 20.0 Å². The van der Waals surface area contributed by atoms with Crippen LogP contribution in [0, 0.1) is 0 Å². The Bertz CT molecular complexity index is 699. The van der Waals surface area contributed by atoms with Crippen molar-refractivity contribution < 1.29 is 9.21 Å². The molecule has 1 heterocycles. The number of benzene rings is 1. The monoisotopic (exact) mass is 374 g/mol. The van der Waals surface area contributed by atoms with E-state index in [-0.39, 0.29) is 5.91 Å². The van der Waals surface area contributed by atoms with Gasteiger partial charge in [-0.25, -0.2) is 0 Å². The Balaban J connectivity index is 1.86. The van der Waals surface area contributed by atoms with Gasteiger partial charge in [-0.1, -0.05) is 12.1 Å². The third kappa shape index (κ3) is 6.15. The zero-order chi connectivity index (χ0) is 18.8. The highest BCUT2D eigenvalue weighted by atomic mass is 32.2. The Morgan fingerprint density at radius 3 is 2.62 bits per heavy atom. The molecule has 6 nitrogen and oxygen atoms in total. The predicted molar refractivity (Wildman–Crippen MR) is 107 cm³/mol. The van der Waals surface area contributed by atoms with E-state index in [0.29, 0.717) is 18.8 Å². The molecule has 140 valence electrons. The Morgan fingerprint density at radius 1 is 1.23 bits per heavy atom. The fraction of sp³-hybridized carbons (Fsp3) is 0.368. The van der Waals surface area contributed by atoms with Crippen LogP contribution in [0.3, 0.4) is 0 Å². The Morgan fingerprint density at radius 2 is 2.00 bits per heavy atom. The van der Waals surface area contributed by atoms with Crippen molar-refractivity contribution in [1.82, 2.24) is 15.5 Å². The first kappa shape index (κ1) is 19.9. The maximum Gasteiger partial charge on any atom is 0.287 e. The molecule has 0 saturated heterocycles. The number of aliphatic imine (C=N–C) groups is 1. The normalized spacial score (nSPS) is 11.3. The molecule has 0 atom stereocenters. The van der Waals surface area contributed by atoms with Gasteiger partial charge in [-0.05, 0) is 43.0 Å². The molecule has 1 amide bonds. The van der Waals surface area contributed by atoms with E-state index in [0.717, 1.165) is 19.0 Å². The van der Waals surface area contributed by atoms with Crippen LogP contribution in [0.15, 0.2) is 57.0 Å². The van der Waals surface area contributed by atoms with Crippen LogP contribution >= 0.6 is 11.8 Å². The van der Waals surface area contributed by atoms with Crippen molar-refractivity contribution in [1.29, 1.82) is 0 Å². The first-order valence-corrected chi connectivity index (χ1v) is 9.80. The summed E-state index contributed by atoms with van der Waals surface area (Å²) in [5, 5.41) is 6.08. The van der Waals surface area contributed by atoms with Gasteiger partial charge >= 0.3 is 0 Å². The van der Waals surface area contributed by atoms with Crippen LogP contribution in [0.25, 0.3) is 0 Å². The van der Waals surface area contributed by atoms with Crippen LogP contribution in [0.2, 0.25) is 0 Å². The number of furan rings is 1. The van der Waals surface area contributed by atoms with Crippen LogP contribution in [-0.4, -0.2) is 49.7 Å². The Kier molecular flexibility index (Phi) is 8.08. The molecule has 7 heteroatoms. The summed E-state index contributed by atoms with van der Waals surface area (Å²) >= 11 is 1.73. The molecular weight excluding hydrogens is 348 g/mol. The van der Waals surface area contributed by atoms with Crippen molar-refractivity contribution in [2.45, 2.75) is 18.4 Å². The van der Waals surface area contributed by atoms with E-state index in [1.165, 1.54) is 16.7 Å². The average Bonchev–Trinajstić information content (AvgIpc) is 3.19. The third-order valence-electron chi connectivity index (χ3n) is 3.68. The van der Waals surface area contributed by atoms with Crippen LogP contribution in [-0.2, 0) is 6.54 Å². The highest BCUT2D eigenvalue weighted by molar-refractivity contribution is 7.98. The number of amides is 1. The topological polar surface area (TPSA) is 69.9 Å². The predicted octanol–water partition coefficient (Wildman–Crippen LogP) is 2.83. The van der Waals surface area contributed by atoms with Crippen molar-refractivity contribution >= 4 is 23.6 Å². The second-order valence-electron chi connectivity index (χ2n) is 5.67. The number of carbonyl (C=O) groups is 1. The van der Waals surface area contributed by atoms with Crippen molar-refractivity contribution in [2.75, 3.05) is 32.9 Å². The van der Waals surface area contributed by atoms with Gasteiger partial charge in [-0.2, -0.15) is 0 Å². The lowest BCUT2D eigenvalue weighted by Gasteiger charge is -2.22. The van der Waals surface area contributed by atoms with E-state index in [9.17, 15) is 4.79 Å². The SMILES string of the molecule is CCNC(=NCCNC(=O)c1ccco1)N(C)Cc1ccc(SC)cc1. The van der Waals surface area contributed by atoms with E-state index in [1.54, 1.807) is 23.9 Å². The van der Waals surface area contributed by atoms with Crippen LogP contribution < -0.4 is 10.6 Å². The molecule has 1 aromatic carbocycles. The summed E-state index contributed by atoms with van der Waals surface area (Å²) in [7, 11) is 2.01. The number of rotatable bonds is 8. The molecule has 0 aliphatic carbocycles. The molecule has 26 heavy (non-hydrogen) atoms. The van der Waals surface area contributed by atoms with Crippen molar-refractivity contribution in [2.24, 2.45) is 4.99 Å². The molecule has 0 aliphatic rings. The van der Waals surface area contributed by atoms with Gasteiger partial charge in [0.2, 0.25) is 0 Å². The molecule has 0 radical (unpaired) electrons. The zero-order valence-corrected chi connectivity index (χ0v) is 16.3. The summed E-state index contributed by atoms with van der Waals surface area (Å²) in [6.07, 6.45) is 3.55. The molecule has 2 N–H and O–H groups in total. The van der Waals surface area contributed by atoms with Crippen molar-refractivity contribution in [3.63, 3.8) is 0 Å². The fourth-order valence-electron chi connectivity index (χ4n) is 2.38. The van der Waals surface area contributed by atoms with Gasteiger partial charge in [-0.3, -0.25) is 9.79 Å². The lowest BCUT2D eigenvalue weighted by Crippen LogP contribution is -2.39. The second kappa shape index (κ2) is 10.6. The molecule has 0 bridgehead atoms.